The molecule has 0 saturated heterocycles. The van der Waals surface area contributed by atoms with Gasteiger partial charge in [0.15, 0.2) is 0 Å². The number of hydrogen-bond donors (Lipinski definition) is 0. The second kappa shape index (κ2) is 56.6. The standard InChI is InChI=1S/4C20H16N2O2.8O.4U/c4*23-19-11-5-1-7-15(19)13-21-17-9-3-4-10-18(17)22-14-16-8-2-6-12-20(16)24;;;;;;;;;;;;/h4*1-14,23-24H;;;;;;;;;;;;/q;;;;8*-2;;;;/p-8. The van der Waals surface area contributed by atoms with Gasteiger partial charge in [0.1, 0.15) is 0 Å². The smallest absolute Gasteiger partial charge is 0.0886 e. The third-order valence-electron chi connectivity index (χ3n) is 13.6. The fourth-order valence-corrected chi connectivity index (χ4v) is 8.54. The Morgan fingerprint density at radius 3 is 0.315 bits per heavy atom. The molecule has 24 nitrogen and oxygen atoms in total. The van der Waals surface area contributed by atoms with Gasteiger partial charge in [0, 0.05) is 174 Å². The predicted octanol–water partition coefficient (Wildman–Crippen LogP) is 12.4. The molecular formula is C80H56N8O16U4-24. The Kier molecular flexibility index (Phi) is 54.8. The van der Waals surface area contributed by atoms with E-state index in [0.29, 0.717) is 90.0 Å². The van der Waals surface area contributed by atoms with E-state index in [1.807, 2.05) is 48.5 Å². The quantitative estimate of drug-likeness (QED) is 0.0834. The number of aliphatic imine (C=N–C) groups is 8. The van der Waals surface area contributed by atoms with E-state index in [4.69, 9.17) is 0 Å². The zero-order valence-corrected chi connectivity index (χ0v) is 73.1. The summed E-state index contributed by atoms with van der Waals surface area (Å²) < 4.78 is 0. The second-order valence-corrected chi connectivity index (χ2v) is 20.3. The third kappa shape index (κ3) is 33.2. The predicted molar refractivity (Wildman–Crippen MR) is 376 cm³/mol. The first kappa shape index (κ1) is 105. The van der Waals surface area contributed by atoms with Crippen LogP contribution in [0.5, 0.6) is 46.0 Å². The summed E-state index contributed by atoms with van der Waals surface area (Å²) in [6.45, 7) is 0. The van der Waals surface area contributed by atoms with Crippen molar-refractivity contribution >= 4 is 95.2 Å². The van der Waals surface area contributed by atoms with Crippen LogP contribution in [0.15, 0.2) is 331 Å². The van der Waals surface area contributed by atoms with Crippen molar-refractivity contribution in [2.24, 2.45) is 39.9 Å². The molecule has 0 unspecified atom stereocenters. The van der Waals surface area contributed by atoms with E-state index in [9.17, 15) is 40.9 Å². The van der Waals surface area contributed by atoms with Crippen LogP contribution >= 0.6 is 0 Å². The van der Waals surface area contributed by atoms with E-state index < -0.39 is 0 Å². The average molecular weight is 2340 g/mol. The van der Waals surface area contributed by atoms with Crippen LogP contribution in [0.4, 0.5) is 45.5 Å². The zero-order chi connectivity index (χ0) is 67.1. The molecule has 0 fully saturated rings. The van der Waals surface area contributed by atoms with Crippen LogP contribution in [0.1, 0.15) is 44.5 Å². The minimum absolute atomic E-state index is 0. The largest absolute Gasteiger partial charge is 2.00 e. The van der Waals surface area contributed by atoms with Crippen molar-refractivity contribution in [2.45, 2.75) is 0 Å². The number of benzene rings is 12. The minimum Gasteiger partial charge on any atom is -2.00 e. The van der Waals surface area contributed by atoms with Crippen molar-refractivity contribution in [3.8, 4) is 46.0 Å². The van der Waals surface area contributed by atoms with E-state index in [1.165, 1.54) is 98.2 Å². The normalized spacial score (nSPS) is 10.1. The van der Waals surface area contributed by atoms with Crippen LogP contribution in [-0.4, -0.2) is 49.7 Å². The molecule has 12 rings (SSSR count). The van der Waals surface area contributed by atoms with Gasteiger partial charge < -0.3 is 84.7 Å². The van der Waals surface area contributed by atoms with Gasteiger partial charge in [0.05, 0.1) is 45.5 Å². The number of nitrogens with zero attached hydrogens (tertiary/aromatic N) is 8. The van der Waals surface area contributed by atoms with Gasteiger partial charge in [-0.25, -0.2) is 0 Å². The molecule has 0 aromatic heterocycles. The number of hydrogen-bond acceptors (Lipinski definition) is 16. The van der Waals surface area contributed by atoms with Gasteiger partial charge in [0.25, 0.3) is 0 Å². The molecule has 0 aliphatic carbocycles. The molecule has 0 aliphatic rings. The zero-order valence-electron chi connectivity index (χ0n) is 56.4. The molecule has 0 aliphatic heterocycles. The summed E-state index contributed by atoms with van der Waals surface area (Å²) in [7, 11) is 0. The molecule has 0 bridgehead atoms. The molecule has 0 amide bonds. The van der Waals surface area contributed by atoms with E-state index in [-0.39, 0.29) is 214 Å². The van der Waals surface area contributed by atoms with Gasteiger partial charge in [-0.2, -0.15) is 0 Å². The Morgan fingerprint density at radius 1 is 0.139 bits per heavy atom. The summed E-state index contributed by atoms with van der Waals surface area (Å²) in [6.07, 6.45) is 12.2. The van der Waals surface area contributed by atoms with Gasteiger partial charge in [-0.05, 0) is 93.0 Å². The van der Waals surface area contributed by atoms with Gasteiger partial charge in [-0.15, -0.1) is 46.0 Å². The number of para-hydroxylation sites is 16. The Bertz CT molecular complexity index is 3960. The summed E-state index contributed by atoms with van der Waals surface area (Å²) >= 11 is 0. The average Bonchev–Trinajstić information content (AvgIpc) is 0.872. The molecule has 108 heavy (non-hydrogen) atoms. The Labute approximate surface area is 718 Å². The summed E-state index contributed by atoms with van der Waals surface area (Å²) in [5.74, 6) is -0.648. The van der Waals surface area contributed by atoms with Gasteiger partial charge in [-0.1, -0.05) is 243 Å². The Hall–Kier alpha value is -9.71. The molecule has 0 atom stereocenters. The van der Waals surface area contributed by atoms with Crippen LogP contribution < -0.4 is 40.9 Å². The van der Waals surface area contributed by atoms with E-state index in [2.05, 4.69) is 39.9 Å². The topological polar surface area (TPSA) is 511 Å². The molecule has 0 radical (unpaired) electrons. The van der Waals surface area contributed by atoms with Crippen LogP contribution in [0.2, 0.25) is 0 Å². The maximum Gasteiger partial charge on any atom is 0.0886 e. The Morgan fingerprint density at radius 2 is 0.222 bits per heavy atom. The Balaban J connectivity index is -0.000000644. The fourth-order valence-electron chi connectivity index (χ4n) is 8.54. The first-order chi connectivity index (χ1) is 46.9. The van der Waals surface area contributed by atoms with Gasteiger partial charge >= 0.3 is 0 Å². The summed E-state index contributed by atoms with van der Waals surface area (Å²) in [5.41, 5.74) is 9.12. The monoisotopic (exact) mass is 2340 g/mol. The maximum atomic E-state index is 11.7. The molecule has 0 saturated carbocycles. The van der Waals surface area contributed by atoms with Gasteiger partial charge in [0.2, 0.25) is 0 Å². The minimum atomic E-state index is -0.0810. The number of rotatable bonds is 16. The van der Waals surface area contributed by atoms with Crippen LogP contribution in [0, 0.1) is 124 Å². The van der Waals surface area contributed by atoms with E-state index in [1.54, 1.807) is 194 Å². The molecule has 0 spiro atoms. The summed E-state index contributed by atoms with van der Waals surface area (Å²) in [5, 5.41) is 93.7. The van der Waals surface area contributed by atoms with Crippen LogP contribution in [-0.2, 0) is 43.8 Å². The van der Waals surface area contributed by atoms with Crippen molar-refractivity contribution in [3.05, 3.63) is 336 Å². The van der Waals surface area contributed by atoms with Crippen molar-refractivity contribution in [3.63, 3.8) is 0 Å². The van der Waals surface area contributed by atoms with E-state index >= 15 is 0 Å². The molecule has 0 N–H and O–H groups in total. The second-order valence-electron chi connectivity index (χ2n) is 20.3. The molecular weight excluding hydrogens is 2280 g/mol. The summed E-state index contributed by atoms with van der Waals surface area (Å²) in [4.78, 5) is 34.8. The molecule has 28 heteroatoms. The fraction of sp³-hybridized carbons (Fsp3) is 0. The molecule has 0 heterocycles. The van der Waals surface area contributed by atoms with Crippen molar-refractivity contribution < 1.29 is 209 Å². The summed E-state index contributed by atoms with van der Waals surface area (Å²) in [6, 6.07) is 82.7. The third-order valence-corrected chi connectivity index (χ3v) is 13.6. The maximum absolute atomic E-state index is 11.7. The van der Waals surface area contributed by atoms with Crippen LogP contribution in [0.25, 0.3) is 0 Å². The molecule has 12 aromatic rings. The SMILES string of the molecule is [O-2].[O-2].[O-2].[O-2].[O-2].[O-2].[O-2].[O-2].[O-]c1ccccc1C=Nc1ccccc1N=Cc1ccccc1[O-].[O-]c1ccccc1C=Nc1ccccc1N=Cc1ccccc1[O-].[O-]c1ccccc1C=Nc1ccccc1N=Cc1ccccc1[O-].[O-]c1ccccc1C=Nc1ccccc1N=Cc1ccccc1[O-].[U].[U].[U].[U]. The molecule has 552 valence electrons. The van der Waals surface area contributed by atoms with Gasteiger partial charge in [-0.3, -0.25) is 39.9 Å². The van der Waals surface area contributed by atoms with Crippen molar-refractivity contribution in [1.82, 2.24) is 0 Å². The van der Waals surface area contributed by atoms with Crippen molar-refractivity contribution in [1.29, 1.82) is 0 Å². The van der Waals surface area contributed by atoms with E-state index in [0.717, 1.165) is 0 Å². The first-order valence-electron chi connectivity index (χ1n) is 29.7. The molecule has 12 aromatic carbocycles. The first-order valence-corrected chi connectivity index (χ1v) is 29.7. The van der Waals surface area contributed by atoms with Crippen molar-refractivity contribution in [2.75, 3.05) is 0 Å². The van der Waals surface area contributed by atoms with Crippen LogP contribution in [0.3, 0.4) is 0 Å².